The molecular weight excluding hydrogens is 581 g/mol. The van der Waals surface area contributed by atoms with Gasteiger partial charge in [-0.3, -0.25) is 10.1 Å². The van der Waals surface area contributed by atoms with Crippen molar-refractivity contribution < 1.29 is 38.6 Å². The lowest BCUT2D eigenvalue weighted by Gasteiger charge is -2.03. The first kappa shape index (κ1) is 30.3. The molecule has 34 heavy (non-hydrogen) atoms. The van der Waals surface area contributed by atoms with Crippen LogP contribution in [0.5, 0.6) is 0 Å². The topological polar surface area (TPSA) is 282 Å². The molecule has 0 radical (unpaired) electrons. The van der Waals surface area contributed by atoms with Crippen LogP contribution >= 0.6 is 22.7 Å². The Morgan fingerprint density at radius 3 is 1.56 bits per heavy atom. The van der Waals surface area contributed by atoms with E-state index in [1.54, 1.807) is 0 Å². The highest BCUT2D eigenvalue weighted by molar-refractivity contribution is 7.90. The van der Waals surface area contributed by atoms with Gasteiger partial charge in [0.05, 0.1) is 17.4 Å². The summed E-state index contributed by atoms with van der Waals surface area (Å²) in [5.74, 6) is 0. The maximum Gasteiger partial charge on any atom is 0.344 e. The molecule has 0 aliphatic rings. The smallest absolute Gasteiger partial charge is 0.344 e. The van der Waals surface area contributed by atoms with Crippen LogP contribution in [-0.4, -0.2) is 51.1 Å². The zero-order valence-corrected chi connectivity index (χ0v) is 22.2. The van der Waals surface area contributed by atoms with Gasteiger partial charge in [-0.25, -0.2) is 53.4 Å². The van der Waals surface area contributed by atoms with Gasteiger partial charge in [0.25, 0.3) is 0 Å². The Bertz CT molecular complexity index is 1490. The van der Waals surface area contributed by atoms with E-state index in [-0.39, 0.29) is 34.1 Å². The minimum absolute atomic E-state index is 0.0489. The number of sulfonamides is 4. The SMILES string of the molecule is CS(=O)(=O)NCc1csc(N)c1S(N)(=O)=O.CS(=O)(=O)NCc1csc([N+](=O)[O-])c1S(N)(=O)=O. The molecule has 0 unspecified atom stereocenters. The van der Waals surface area contributed by atoms with Crippen molar-refractivity contribution >= 4 is 72.8 Å². The van der Waals surface area contributed by atoms with Crippen LogP contribution in [0.4, 0.5) is 10.0 Å². The maximum atomic E-state index is 11.3. The van der Waals surface area contributed by atoms with Crippen LogP contribution in [-0.2, 0) is 53.2 Å². The second-order valence-electron chi connectivity index (χ2n) is 6.38. The fourth-order valence-electron chi connectivity index (χ4n) is 2.19. The number of hydrogen-bond acceptors (Lipinski definition) is 13. The lowest BCUT2D eigenvalue weighted by Crippen LogP contribution is -2.23. The van der Waals surface area contributed by atoms with Crippen molar-refractivity contribution in [2.75, 3.05) is 18.2 Å². The molecule has 16 nitrogen and oxygen atoms in total. The van der Waals surface area contributed by atoms with Crippen LogP contribution in [0.2, 0.25) is 0 Å². The van der Waals surface area contributed by atoms with Crippen LogP contribution in [0, 0.1) is 10.1 Å². The van der Waals surface area contributed by atoms with E-state index in [4.69, 9.17) is 16.0 Å². The van der Waals surface area contributed by atoms with Gasteiger partial charge in [-0.15, -0.1) is 11.3 Å². The Morgan fingerprint density at radius 2 is 1.21 bits per heavy atom. The Balaban J connectivity index is 0.000000342. The first-order chi connectivity index (χ1) is 15.1. The number of nitrogens with two attached hydrogens (primary N) is 3. The van der Waals surface area contributed by atoms with E-state index in [1.807, 2.05) is 4.72 Å². The molecule has 0 amide bonds. The Hall–Kier alpha value is -1.76. The molecule has 2 aromatic heterocycles. The lowest BCUT2D eigenvalue weighted by atomic mass is 10.3. The van der Waals surface area contributed by atoms with Gasteiger partial charge in [-0.2, -0.15) is 0 Å². The minimum Gasteiger partial charge on any atom is -0.389 e. The number of nitrogen functional groups attached to an aromatic ring is 1. The van der Waals surface area contributed by atoms with Crippen LogP contribution in [0.1, 0.15) is 11.1 Å². The molecule has 0 spiro atoms. The normalized spacial score (nSPS) is 12.7. The molecule has 0 aliphatic heterocycles. The average molecular weight is 601 g/mol. The Morgan fingerprint density at radius 1 is 0.824 bits per heavy atom. The van der Waals surface area contributed by atoms with Gasteiger partial charge in [0.15, 0.2) is 4.90 Å². The predicted octanol–water partition coefficient (Wildman–Crippen LogP) is -1.62. The molecule has 2 aromatic rings. The van der Waals surface area contributed by atoms with Crippen molar-refractivity contribution in [3.63, 3.8) is 0 Å². The van der Waals surface area contributed by atoms with Gasteiger partial charge >= 0.3 is 5.00 Å². The third-order valence-electron chi connectivity index (χ3n) is 3.43. The molecule has 0 fully saturated rings. The quantitative estimate of drug-likeness (QED) is 0.161. The standard InChI is InChI=1S/C6H9N3O6S3.C6H11N3O4S3/c1-17(12,13)8-2-4-3-16-6(9(10)11)5(4)18(7,14)15;1-15(10,11)9-2-4-3-14-6(7)5(4)16(8,12)13/h3,8H,2H2,1H3,(H2,7,14,15);3,9H,2,7H2,1H3,(H2,8,12,13). The summed E-state index contributed by atoms with van der Waals surface area (Å²) in [4.78, 5) is 8.89. The van der Waals surface area contributed by atoms with E-state index in [0.29, 0.717) is 11.3 Å². The number of nitrogens with zero attached hydrogens (tertiary/aromatic N) is 1. The number of nitrogens with one attached hydrogen (secondary N) is 2. The summed E-state index contributed by atoms with van der Waals surface area (Å²) in [6.07, 6.45) is 1.85. The number of hydrogen-bond donors (Lipinski definition) is 5. The summed E-state index contributed by atoms with van der Waals surface area (Å²) in [5, 5.41) is 22.5. The van der Waals surface area contributed by atoms with E-state index in [2.05, 4.69) is 4.72 Å². The third kappa shape index (κ3) is 9.47. The molecule has 2 rings (SSSR count). The van der Waals surface area contributed by atoms with Gasteiger partial charge < -0.3 is 5.73 Å². The van der Waals surface area contributed by atoms with Crippen LogP contribution < -0.4 is 25.5 Å². The predicted molar refractivity (Wildman–Crippen MR) is 126 cm³/mol. The molecule has 0 aliphatic carbocycles. The molecule has 194 valence electrons. The number of anilines is 1. The second-order valence-corrected chi connectivity index (χ2v) is 14.8. The molecule has 0 aromatic carbocycles. The zero-order valence-electron chi connectivity index (χ0n) is 17.3. The summed E-state index contributed by atoms with van der Waals surface area (Å²) >= 11 is 1.56. The lowest BCUT2D eigenvalue weighted by molar-refractivity contribution is -0.383. The summed E-state index contributed by atoms with van der Waals surface area (Å²) in [7, 11) is -15.2. The van der Waals surface area contributed by atoms with E-state index in [1.165, 1.54) is 10.8 Å². The fourth-order valence-corrected chi connectivity index (χ4v) is 7.24. The Labute approximate surface area is 203 Å². The average Bonchev–Trinajstić information content (AvgIpc) is 3.20. The molecule has 0 atom stereocenters. The zero-order chi connectivity index (χ0) is 26.7. The number of rotatable bonds is 9. The third-order valence-corrected chi connectivity index (χ3v) is 8.94. The fraction of sp³-hybridized carbons (Fsp3) is 0.333. The van der Waals surface area contributed by atoms with Crippen molar-refractivity contribution in [1.29, 1.82) is 0 Å². The van der Waals surface area contributed by atoms with Crippen molar-refractivity contribution in [1.82, 2.24) is 9.44 Å². The highest BCUT2D eigenvalue weighted by Gasteiger charge is 2.29. The number of nitro groups is 1. The van der Waals surface area contributed by atoms with Gasteiger partial charge in [0, 0.05) is 24.0 Å². The molecule has 0 saturated heterocycles. The monoisotopic (exact) mass is 600 g/mol. The van der Waals surface area contributed by atoms with E-state index >= 15 is 0 Å². The van der Waals surface area contributed by atoms with Crippen LogP contribution in [0.3, 0.4) is 0 Å². The Kier molecular flexibility index (Phi) is 9.69. The highest BCUT2D eigenvalue weighted by Crippen LogP contribution is 2.33. The molecule has 8 N–H and O–H groups in total. The molecule has 22 heteroatoms. The van der Waals surface area contributed by atoms with Crippen molar-refractivity contribution in [2.45, 2.75) is 22.9 Å². The van der Waals surface area contributed by atoms with Crippen LogP contribution in [0.15, 0.2) is 20.6 Å². The summed E-state index contributed by atoms with van der Waals surface area (Å²) in [5.41, 5.74) is 5.64. The highest BCUT2D eigenvalue weighted by atomic mass is 32.2. The summed E-state index contributed by atoms with van der Waals surface area (Å²) in [6, 6.07) is 0. The summed E-state index contributed by atoms with van der Waals surface area (Å²) < 4.78 is 92.6. The maximum absolute atomic E-state index is 11.3. The van der Waals surface area contributed by atoms with Crippen molar-refractivity contribution in [3.05, 3.63) is 32.0 Å². The molecule has 0 saturated carbocycles. The minimum atomic E-state index is -4.30. The van der Waals surface area contributed by atoms with E-state index in [0.717, 1.165) is 23.8 Å². The number of thiophene rings is 2. The van der Waals surface area contributed by atoms with Crippen molar-refractivity contribution in [2.24, 2.45) is 10.3 Å². The number of primary sulfonamides is 2. The van der Waals surface area contributed by atoms with Crippen LogP contribution in [0.25, 0.3) is 0 Å². The van der Waals surface area contributed by atoms with Crippen molar-refractivity contribution in [3.8, 4) is 0 Å². The van der Waals surface area contributed by atoms with Gasteiger partial charge in [0.2, 0.25) is 40.1 Å². The second kappa shape index (κ2) is 10.9. The van der Waals surface area contributed by atoms with E-state index < -0.39 is 54.9 Å². The molecular formula is C12H20N6O10S6. The van der Waals surface area contributed by atoms with Gasteiger partial charge in [0.1, 0.15) is 9.90 Å². The van der Waals surface area contributed by atoms with E-state index in [9.17, 15) is 43.8 Å². The largest absolute Gasteiger partial charge is 0.389 e. The molecule has 0 bridgehead atoms. The van der Waals surface area contributed by atoms with Gasteiger partial charge in [-0.1, -0.05) is 11.3 Å². The first-order valence-electron chi connectivity index (χ1n) is 8.19. The van der Waals surface area contributed by atoms with Gasteiger partial charge in [-0.05, 0) is 10.9 Å². The summed E-state index contributed by atoms with van der Waals surface area (Å²) in [6.45, 7) is -0.534. The first-order valence-corrected chi connectivity index (χ1v) is 16.8. The molecule has 2 heterocycles.